The summed E-state index contributed by atoms with van der Waals surface area (Å²) in [6, 6.07) is 0. The first-order valence-electron chi connectivity index (χ1n) is 4.05. The molecule has 0 aliphatic rings. The molecule has 0 rings (SSSR count). The zero-order valence-corrected chi connectivity index (χ0v) is 8.88. The van der Waals surface area contributed by atoms with E-state index < -0.39 is 0 Å². The molecule has 0 amide bonds. The highest BCUT2D eigenvalue weighted by Crippen LogP contribution is 2.25. The second kappa shape index (κ2) is 4.80. The molecule has 0 aliphatic heterocycles. The summed E-state index contributed by atoms with van der Waals surface area (Å²) in [5.41, 5.74) is 0.0193. The van der Waals surface area contributed by atoms with E-state index in [2.05, 4.69) is 20.8 Å². The molecule has 0 spiro atoms. The minimum absolute atomic E-state index is 0.0193. The van der Waals surface area contributed by atoms with Crippen molar-refractivity contribution < 1.29 is 14.2 Å². The number of ether oxygens (including phenoxy) is 3. The third kappa shape index (κ3) is 3.09. The van der Waals surface area contributed by atoms with Crippen LogP contribution in [-0.4, -0.2) is 33.7 Å². The molecule has 0 aliphatic carbocycles. The van der Waals surface area contributed by atoms with Crippen LogP contribution in [0.15, 0.2) is 0 Å². The van der Waals surface area contributed by atoms with Crippen molar-refractivity contribution in [2.45, 2.75) is 33.2 Å². The van der Waals surface area contributed by atoms with E-state index in [-0.39, 0.29) is 17.8 Å². The molecule has 1 atom stereocenters. The lowest BCUT2D eigenvalue weighted by atomic mass is 9.88. The van der Waals surface area contributed by atoms with Gasteiger partial charge in [0.1, 0.15) is 6.10 Å². The zero-order valence-electron chi connectivity index (χ0n) is 8.88. The van der Waals surface area contributed by atoms with Crippen molar-refractivity contribution in [3.05, 3.63) is 0 Å². The molecule has 3 nitrogen and oxygen atoms in total. The third-order valence-electron chi connectivity index (χ3n) is 1.82. The van der Waals surface area contributed by atoms with Crippen molar-refractivity contribution in [1.82, 2.24) is 0 Å². The van der Waals surface area contributed by atoms with Crippen LogP contribution in [0.4, 0.5) is 0 Å². The summed E-state index contributed by atoms with van der Waals surface area (Å²) in [7, 11) is 4.90. The second-order valence-electron chi connectivity index (χ2n) is 3.86. The summed E-state index contributed by atoms with van der Waals surface area (Å²) in [6.07, 6.45) is -0.345. The maximum atomic E-state index is 5.31. The van der Waals surface area contributed by atoms with Crippen LogP contribution >= 0.6 is 0 Å². The van der Waals surface area contributed by atoms with Crippen molar-refractivity contribution in [1.29, 1.82) is 0 Å². The Balaban J connectivity index is 4.31. The van der Waals surface area contributed by atoms with Gasteiger partial charge < -0.3 is 14.2 Å². The molecular formula is C9H20O3. The average molecular weight is 176 g/mol. The molecule has 3 heteroatoms. The second-order valence-corrected chi connectivity index (χ2v) is 3.86. The lowest BCUT2D eigenvalue weighted by Gasteiger charge is -2.33. The molecule has 0 aromatic carbocycles. The lowest BCUT2D eigenvalue weighted by Crippen LogP contribution is -2.41. The van der Waals surface area contributed by atoms with E-state index in [9.17, 15) is 0 Å². The number of rotatable bonds is 4. The van der Waals surface area contributed by atoms with Gasteiger partial charge in [-0.2, -0.15) is 0 Å². The summed E-state index contributed by atoms with van der Waals surface area (Å²) in [5, 5.41) is 0. The Kier molecular flexibility index (Phi) is 4.75. The molecule has 0 N–H and O–H groups in total. The molecule has 1 unspecified atom stereocenters. The SMILES string of the molecule is COC(OC)C(OC)C(C)(C)C. The molecule has 0 saturated carbocycles. The smallest absolute Gasteiger partial charge is 0.183 e. The van der Waals surface area contributed by atoms with Gasteiger partial charge >= 0.3 is 0 Å². The summed E-state index contributed by atoms with van der Waals surface area (Å²) in [5.74, 6) is 0. The predicted molar refractivity (Wildman–Crippen MR) is 48.1 cm³/mol. The Labute approximate surface area is 75.0 Å². The van der Waals surface area contributed by atoms with Gasteiger partial charge in [-0.05, 0) is 5.41 Å². The minimum atomic E-state index is -0.296. The van der Waals surface area contributed by atoms with E-state index in [1.807, 2.05) is 0 Å². The quantitative estimate of drug-likeness (QED) is 0.610. The summed E-state index contributed by atoms with van der Waals surface area (Å²) < 4.78 is 15.6. The van der Waals surface area contributed by atoms with E-state index in [0.29, 0.717) is 0 Å². The van der Waals surface area contributed by atoms with Gasteiger partial charge in [0.05, 0.1) is 0 Å². The molecule has 0 aromatic rings. The number of methoxy groups -OCH3 is 3. The fourth-order valence-corrected chi connectivity index (χ4v) is 1.22. The zero-order chi connectivity index (χ0) is 9.78. The van der Waals surface area contributed by atoms with Gasteiger partial charge in [0, 0.05) is 21.3 Å². The summed E-state index contributed by atoms with van der Waals surface area (Å²) >= 11 is 0. The van der Waals surface area contributed by atoms with Crippen LogP contribution in [0, 0.1) is 5.41 Å². The maximum Gasteiger partial charge on any atom is 0.183 e. The van der Waals surface area contributed by atoms with Gasteiger partial charge in [0.15, 0.2) is 6.29 Å². The van der Waals surface area contributed by atoms with Crippen LogP contribution in [0.5, 0.6) is 0 Å². The Morgan fingerprint density at radius 1 is 0.833 bits per heavy atom. The number of hydrogen-bond acceptors (Lipinski definition) is 3. The standard InChI is InChI=1S/C9H20O3/c1-9(2,3)7(10-4)8(11-5)12-6/h7-8H,1-6H3. The fraction of sp³-hybridized carbons (Fsp3) is 1.00. The van der Waals surface area contributed by atoms with Gasteiger partial charge in [-0.3, -0.25) is 0 Å². The van der Waals surface area contributed by atoms with Crippen molar-refractivity contribution in [2.24, 2.45) is 5.41 Å². The molecule has 0 fully saturated rings. The molecule has 0 bridgehead atoms. The monoisotopic (exact) mass is 176 g/mol. The molecular weight excluding hydrogens is 156 g/mol. The van der Waals surface area contributed by atoms with Gasteiger partial charge in [-0.1, -0.05) is 20.8 Å². The van der Waals surface area contributed by atoms with E-state index in [1.165, 1.54) is 0 Å². The van der Waals surface area contributed by atoms with E-state index in [4.69, 9.17) is 14.2 Å². The van der Waals surface area contributed by atoms with Crippen LogP contribution in [0.25, 0.3) is 0 Å². The Bertz CT molecular complexity index is 113. The van der Waals surface area contributed by atoms with Crippen molar-refractivity contribution in [3.63, 3.8) is 0 Å². The van der Waals surface area contributed by atoms with Crippen LogP contribution in [0.1, 0.15) is 20.8 Å². The van der Waals surface area contributed by atoms with Crippen LogP contribution in [0.3, 0.4) is 0 Å². The highest BCUT2D eigenvalue weighted by Gasteiger charge is 2.32. The lowest BCUT2D eigenvalue weighted by molar-refractivity contribution is -0.200. The maximum absolute atomic E-state index is 5.31. The Morgan fingerprint density at radius 2 is 1.25 bits per heavy atom. The normalized spacial score (nSPS) is 15.2. The van der Waals surface area contributed by atoms with E-state index in [1.54, 1.807) is 21.3 Å². The molecule has 0 saturated heterocycles. The topological polar surface area (TPSA) is 27.7 Å². The van der Waals surface area contributed by atoms with Crippen LogP contribution < -0.4 is 0 Å². The van der Waals surface area contributed by atoms with Crippen LogP contribution in [0.2, 0.25) is 0 Å². The Morgan fingerprint density at radius 3 is 1.33 bits per heavy atom. The highest BCUT2D eigenvalue weighted by atomic mass is 16.7. The minimum Gasteiger partial charge on any atom is -0.376 e. The van der Waals surface area contributed by atoms with E-state index in [0.717, 1.165) is 0 Å². The Hall–Kier alpha value is -0.120. The van der Waals surface area contributed by atoms with Crippen LogP contribution in [-0.2, 0) is 14.2 Å². The first kappa shape index (κ1) is 11.9. The van der Waals surface area contributed by atoms with E-state index >= 15 is 0 Å². The first-order valence-corrected chi connectivity index (χ1v) is 4.05. The molecule has 74 valence electrons. The summed E-state index contributed by atoms with van der Waals surface area (Å²) in [4.78, 5) is 0. The average Bonchev–Trinajstić information content (AvgIpc) is 1.97. The van der Waals surface area contributed by atoms with Gasteiger partial charge in [-0.15, -0.1) is 0 Å². The van der Waals surface area contributed by atoms with Gasteiger partial charge in [0.25, 0.3) is 0 Å². The molecule has 0 radical (unpaired) electrons. The third-order valence-corrected chi connectivity index (χ3v) is 1.82. The highest BCUT2D eigenvalue weighted by molar-refractivity contribution is 4.77. The predicted octanol–water partition coefficient (Wildman–Crippen LogP) is 1.67. The molecule has 0 heterocycles. The van der Waals surface area contributed by atoms with Crippen molar-refractivity contribution >= 4 is 0 Å². The van der Waals surface area contributed by atoms with Gasteiger partial charge in [-0.25, -0.2) is 0 Å². The fourth-order valence-electron chi connectivity index (χ4n) is 1.22. The summed E-state index contributed by atoms with van der Waals surface area (Å²) in [6.45, 7) is 6.27. The van der Waals surface area contributed by atoms with Crippen molar-refractivity contribution in [3.8, 4) is 0 Å². The first-order chi connectivity index (χ1) is 5.47. The molecule has 12 heavy (non-hydrogen) atoms. The largest absolute Gasteiger partial charge is 0.376 e. The number of hydrogen-bond donors (Lipinski definition) is 0. The van der Waals surface area contributed by atoms with Gasteiger partial charge in [0.2, 0.25) is 0 Å². The van der Waals surface area contributed by atoms with Crippen molar-refractivity contribution in [2.75, 3.05) is 21.3 Å². The molecule has 0 aromatic heterocycles.